The van der Waals surface area contributed by atoms with E-state index in [1.807, 2.05) is 40.1 Å². The quantitative estimate of drug-likeness (QED) is 0.623. The van der Waals surface area contributed by atoms with E-state index in [0.29, 0.717) is 23.9 Å². The number of hydrogen-bond acceptors (Lipinski definition) is 6. The van der Waals surface area contributed by atoms with Crippen LogP contribution in [-0.4, -0.2) is 59.9 Å². The van der Waals surface area contributed by atoms with Crippen LogP contribution in [0.1, 0.15) is 23.0 Å². The van der Waals surface area contributed by atoms with Gasteiger partial charge in [0.25, 0.3) is 5.91 Å². The number of hydrogen-bond donors (Lipinski definition) is 0. The fourth-order valence-corrected chi connectivity index (χ4v) is 3.94. The number of methoxy groups -OCH3 is 1. The van der Waals surface area contributed by atoms with Gasteiger partial charge in [-0.25, -0.2) is 4.98 Å². The average molecular weight is 388 g/mol. The molecule has 3 rings (SSSR count). The number of benzene rings is 1. The van der Waals surface area contributed by atoms with E-state index in [1.54, 1.807) is 29.0 Å². The van der Waals surface area contributed by atoms with Gasteiger partial charge in [0.05, 0.1) is 11.8 Å². The molecule has 0 radical (unpaired) electrons. The molecule has 0 atom stereocenters. The van der Waals surface area contributed by atoms with Crippen LogP contribution < -0.4 is 9.64 Å². The van der Waals surface area contributed by atoms with Gasteiger partial charge in [-0.2, -0.15) is 5.10 Å². The minimum Gasteiger partial charge on any atom is -0.494 e. The van der Waals surface area contributed by atoms with Crippen molar-refractivity contribution in [3.8, 4) is 5.75 Å². The second-order valence-electron chi connectivity index (χ2n) is 6.55. The number of aryl methyl sites for hydroxylation is 2. The van der Waals surface area contributed by atoms with Crippen LogP contribution in [-0.2, 0) is 6.54 Å². The molecule has 0 saturated heterocycles. The lowest BCUT2D eigenvalue weighted by Crippen LogP contribution is -2.37. The number of carbonyl (C=O) groups excluding carboxylic acids is 1. The molecule has 27 heavy (non-hydrogen) atoms. The normalized spacial score (nSPS) is 11.3. The fourth-order valence-electron chi connectivity index (χ4n) is 2.87. The van der Waals surface area contributed by atoms with Gasteiger partial charge in [0.15, 0.2) is 5.13 Å². The van der Waals surface area contributed by atoms with Gasteiger partial charge in [0, 0.05) is 25.8 Å². The van der Waals surface area contributed by atoms with Crippen molar-refractivity contribution in [3.63, 3.8) is 0 Å². The molecule has 8 heteroatoms. The minimum absolute atomic E-state index is 0.0909. The number of ether oxygens (including phenoxy) is 1. The minimum atomic E-state index is -0.0909. The summed E-state index contributed by atoms with van der Waals surface area (Å²) in [6.45, 7) is 5.93. The van der Waals surface area contributed by atoms with Crippen LogP contribution in [0.5, 0.6) is 5.75 Å². The molecule has 2 aromatic heterocycles. The summed E-state index contributed by atoms with van der Waals surface area (Å²) < 4.78 is 8.21. The van der Waals surface area contributed by atoms with E-state index in [2.05, 4.69) is 10.00 Å². The first kappa shape index (κ1) is 19.3. The van der Waals surface area contributed by atoms with Crippen LogP contribution in [0.3, 0.4) is 0 Å². The maximum Gasteiger partial charge on any atom is 0.278 e. The Balaban J connectivity index is 2.06. The zero-order chi connectivity index (χ0) is 19.6. The van der Waals surface area contributed by atoms with Crippen molar-refractivity contribution >= 4 is 32.6 Å². The number of carbonyl (C=O) groups is 1. The van der Waals surface area contributed by atoms with Crippen LogP contribution in [0.4, 0.5) is 5.13 Å². The zero-order valence-corrected chi connectivity index (χ0v) is 17.2. The zero-order valence-electron chi connectivity index (χ0n) is 16.4. The molecule has 0 spiro atoms. The summed E-state index contributed by atoms with van der Waals surface area (Å²) in [5.74, 6) is 0.628. The highest BCUT2D eigenvalue weighted by atomic mass is 32.1. The van der Waals surface area contributed by atoms with Crippen molar-refractivity contribution in [2.45, 2.75) is 20.4 Å². The first-order valence-corrected chi connectivity index (χ1v) is 9.70. The van der Waals surface area contributed by atoms with Crippen LogP contribution in [0.25, 0.3) is 10.2 Å². The van der Waals surface area contributed by atoms with Gasteiger partial charge >= 0.3 is 0 Å². The molecular weight excluding hydrogens is 362 g/mol. The topological polar surface area (TPSA) is 63.5 Å². The number of anilines is 1. The molecule has 0 bridgehead atoms. The molecule has 144 valence electrons. The Morgan fingerprint density at radius 3 is 2.70 bits per heavy atom. The highest BCUT2D eigenvalue weighted by molar-refractivity contribution is 7.22. The van der Waals surface area contributed by atoms with Gasteiger partial charge in [-0.3, -0.25) is 14.4 Å². The lowest BCUT2D eigenvalue weighted by atomic mass is 10.2. The summed E-state index contributed by atoms with van der Waals surface area (Å²) >= 11 is 1.52. The van der Waals surface area contributed by atoms with Gasteiger partial charge in [-0.05, 0) is 45.6 Å². The standard InChI is InChI=1S/C19H25N5O2S/c1-6-24-14(9-10-20-24)18(25)23(12-11-22(3)4)19-21-16-15(26-5)8-7-13(2)17(16)27-19/h7-10H,6,11-12H2,1-5H3. The summed E-state index contributed by atoms with van der Waals surface area (Å²) in [4.78, 5) is 21.9. The molecule has 0 N–H and O–H groups in total. The number of likely N-dealkylation sites (N-methyl/N-ethyl adjacent to an activating group) is 1. The SMILES string of the molecule is CCn1nccc1C(=O)N(CCN(C)C)c1nc2c(OC)ccc(C)c2s1. The van der Waals surface area contributed by atoms with Gasteiger partial charge in [0.1, 0.15) is 17.0 Å². The molecule has 3 aromatic rings. The number of fused-ring (bicyclic) bond motifs is 1. The van der Waals surface area contributed by atoms with E-state index in [0.717, 1.165) is 28.1 Å². The van der Waals surface area contributed by atoms with E-state index < -0.39 is 0 Å². The summed E-state index contributed by atoms with van der Waals surface area (Å²) in [6.07, 6.45) is 1.66. The number of thiazole rings is 1. The lowest BCUT2D eigenvalue weighted by molar-refractivity contribution is 0.0975. The van der Waals surface area contributed by atoms with Crippen LogP contribution in [0.2, 0.25) is 0 Å². The van der Waals surface area contributed by atoms with Gasteiger partial charge in [0.2, 0.25) is 0 Å². The van der Waals surface area contributed by atoms with E-state index in [1.165, 1.54) is 11.3 Å². The number of aromatic nitrogens is 3. The highest BCUT2D eigenvalue weighted by Gasteiger charge is 2.25. The molecule has 7 nitrogen and oxygen atoms in total. The molecule has 0 unspecified atom stereocenters. The lowest BCUT2D eigenvalue weighted by Gasteiger charge is -2.22. The predicted molar refractivity (Wildman–Crippen MR) is 109 cm³/mol. The van der Waals surface area contributed by atoms with Crippen LogP contribution in [0.15, 0.2) is 24.4 Å². The molecule has 0 aliphatic rings. The molecule has 2 heterocycles. The van der Waals surface area contributed by atoms with Gasteiger partial charge in [-0.15, -0.1) is 0 Å². The number of nitrogens with zero attached hydrogens (tertiary/aromatic N) is 5. The molecule has 0 aliphatic heterocycles. The molecular formula is C19H25N5O2S. The largest absolute Gasteiger partial charge is 0.494 e. The average Bonchev–Trinajstić information content (AvgIpc) is 3.29. The van der Waals surface area contributed by atoms with Crippen LogP contribution in [0, 0.1) is 6.92 Å². The maximum absolute atomic E-state index is 13.3. The Morgan fingerprint density at radius 1 is 1.26 bits per heavy atom. The van der Waals surface area contributed by atoms with E-state index in [4.69, 9.17) is 9.72 Å². The smallest absolute Gasteiger partial charge is 0.278 e. The second-order valence-corrected chi connectivity index (χ2v) is 7.53. The van der Waals surface area contributed by atoms with E-state index in [-0.39, 0.29) is 5.91 Å². The highest BCUT2D eigenvalue weighted by Crippen LogP contribution is 2.36. The molecule has 1 amide bonds. The van der Waals surface area contributed by atoms with Crippen molar-refractivity contribution in [1.82, 2.24) is 19.7 Å². The Morgan fingerprint density at radius 2 is 2.04 bits per heavy atom. The fraction of sp³-hybridized carbons (Fsp3) is 0.421. The van der Waals surface area contributed by atoms with Gasteiger partial charge in [-0.1, -0.05) is 17.4 Å². The number of amides is 1. The van der Waals surface area contributed by atoms with Crippen LogP contribution >= 0.6 is 11.3 Å². The van der Waals surface area contributed by atoms with Crippen molar-refractivity contribution in [2.24, 2.45) is 0 Å². The first-order valence-electron chi connectivity index (χ1n) is 8.88. The summed E-state index contributed by atoms with van der Waals surface area (Å²) in [6, 6.07) is 5.69. The molecule has 0 fully saturated rings. The Bertz CT molecular complexity index is 947. The Hall–Kier alpha value is -2.45. The molecule has 0 aliphatic carbocycles. The predicted octanol–water partition coefficient (Wildman–Crippen LogP) is 3.04. The molecule has 1 aromatic carbocycles. The van der Waals surface area contributed by atoms with Crippen molar-refractivity contribution in [1.29, 1.82) is 0 Å². The van der Waals surface area contributed by atoms with Gasteiger partial charge < -0.3 is 9.64 Å². The van der Waals surface area contributed by atoms with Crippen molar-refractivity contribution in [3.05, 3.63) is 35.7 Å². The first-order chi connectivity index (χ1) is 13.0. The van der Waals surface area contributed by atoms with Crippen molar-refractivity contribution in [2.75, 3.05) is 39.2 Å². The Labute approximate surface area is 163 Å². The number of rotatable bonds is 7. The third-order valence-electron chi connectivity index (χ3n) is 4.39. The summed E-state index contributed by atoms with van der Waals surface area (Å²) in [7, 11) is 5.62. The summed E-state index contributed by atoms with van der Waals surface area (Å²) in [5, 5.41) is 4.91. The van der Waals surface area contributed by atoms with Crippen molar-refractivity contribution < 1.29 is 9.53 Å². The Kier molecular flexibility index (Phi) is 5.76. The molecule has 0 saturated carbocycles. The van der Waals surface area contributed by atoms with E-state index >= 15 is 0 Å². The third kappa shape index (κ3) is 3.81. The monoisotopic (exact) mass is 387 g/mol. The van der Waals surface area contributed by atoms with E-state index in [9.17, 15) is 4.79 Å². The maximum atomic E-state index is 13.3. The second kappa shape index (κ2) is 8.06. The third-order valence-corrected chi connectivity index (χ3v) is 5.61. The summed E-state index contributed by atoms with van der Waals surface area (Å²) in [5.41, 5.74) is 2.48.